The van der Waals surface area contributed by atoms with Gasteiger partial charge in [-0.2, -0.15) is 0 Å². The molecule has 34 heavy (non-hydrogen) atoms. The Morgan fingerprint density at radius 1 is 1.29 bits per heavy atom. The summed E-state index contributed by atoms with van der Waals surface area (Å²) in [5.41, 5.74) is 1.01. The van der Waals surface area contributed by atoms with Gasteiger partial charge in [0.15, 0.2) is 11.3 Å². The van der Waals surface area contributed by atoms with Crippen LogP contribution in [0.15, 0.2) is 27.9 Å². The predicted molar refractivity (Wildman–Crippen MR) is 128 cm³/mol. The number of aliphatic hydroxyl groups excluding tert-OH is 1. The third kappa shape index (κ3) is 4.59. The third-order valence-corrected chi connectivity index (χ3v) is 7.79. The van der Waals surface area contributed by atoms with Gasteiger partial charge in [-0.05, 0) is 51.3 Å². The number of aliphatic hydroxyl groups is 1. The number of aromatic nitrogens is 4. The summed E-state index contributed by atoms with van der Waals surface area (Å²) in [5.74, 6) is 1.59. The lowest BCUT2D eigenvalue weighted by atomic mass is 10.1. The van der Waals surface area contributed by atoms with Crippen LogP contribution in [0, 0.1) is 6.92 Å². The molecule has 0 bridgehead atoms. The first-order valence-corrected chi connectivity index (χ1v) is 13.2. The first kappa shape index (κ1) is 24.4. The highest BCUT2D eigenvalue weighted by molar-refractivity contribution is 7.89. The van der Waals surface area contributed by atoms with E-state index in [1.165, 1.54) is 12.1 Å². The number of sulfonamides is 1. The molecular formula is C23H31N5O5S. The molecule has 0 aliphatic heterocycles. The Bertz CT molecular complexity index is 1340. The SMILES string of the molecule is CCOc1ccc(S(=O)(=O)NC(CC)CO)cc1-c1nn2c(C3CCCC3)nc(C)c2c(=O)[nH]1. The van der Waals surface area contributed by atoms with Crippen molar-refractivity contribution in [3.05, 3.63) is 40.1 Å². The van der Waals surface area contributed by atoms with E-state index >= 15 is 0 Å². The number of benzene rings is 1. The topological polar surface area (TPSA) is 139 Å². The molecule has 1 fully saturated rings. The molecule has 3 N–H and O–H groups in total. The molecule has 2 heterocycles. The highest BCUT2D eigenvalue weighted by atomic mass is 32.2. The van der Waals surface area contributed by atoms with Crippen LogP contribution < -0.4 is 15.0 Å². The molecule has 1 aliphatic rings. The Hall–Kier alpha value is -2.76. The average molecular weight is 490 g/mol. The number of fused-ring (bicyclic) bond motifs is 1. The zero-order valence-corrected chi connectivity index (χ0v) is 20.5. The van der Waals surface area contributed by atoms with Crippen LogP contribution in [-0.2, 0) is 10.0 Å². The molecule has 4 rings (SSSR count). The number of rotatable bonds is 9. The van der Waals surface area contributed by atoms with E-state index in [2.05, 4.69) is 14.7 Å². The molecule has 10 nitrogen and oxygen atoms in total. The van der Waals surface area contributed by atoms with Gasteiger partial charge in [-0.1, -0.05) is 19.8 Å². The normalized spacial score (nSPS) is 15.8. The second-order valence-electron chi connectivity index (χ2n) is 8.60. The fraction of sp³-hybridized carbons (Fsp3) is 0.522. The molecule has 0 spiro atoms. The van der Waals surface area contributed by atoms with E-state index in [0.29, 0.717) is 35.6 Å². The summed E-state index contributed by atoms with van der Waals surface area (Å²) in [6.45, 7) is 5.44. The third-order valence-electron chi connectivity index (χ3n) is 6.27. The van der Waals surface area contributed by atoms with E-state index in [1.54, 1.807) is 24.4 Å². The van der Waals surface area contributed by atoms with Crippen molar-refractivity contribution in [2.45, 2.75) is 69.7 Å². The molecule has 0 amide bonds. The van der Waals surface area contributed by atoms with Crippen molar-refractivity contribution in [2.24, 2.45) is 0 Å². The van der Waals surface area contributed by atoms with Crippen LogP contribution >= 0.6 is 0 Å². The smallest absolute Gasteiger partial charge is 0.277 e. The number of aromatic amines is 1. The Labute approximate surface area is 198 Å². The second-order valence-corrected chi connectivity index (χ2v) is 10.3. The summed E-state index contributed by atoms with van der Waals surface area (Å²) in [4.78, 5) is 20.5. The highest BCUT2D eigenvalue weighted by Gasteiger charge is 2.26. The van der Waals surface area contributed by atoms with Gasteiger partial charge in [0, 0.05) is 12.0 Å². The van der Waals surface area contributed by atoms with Crippen molar-refractivity contribution in [2.75, 3.05) is 13.2 Å². The molecule has 1 aliphatic carbocycles. The summed E-state index contributed by atoms with van der Waals surface area (Å²) in [7, 11) is -3.92. The van der Waals surface area contributed by atoms with Gasteiger partial charge in [-0.15, -0.1) is 5.10 Å². The van der Waals surface area contributed by atoms with Crippen LogP contribution in [0.1, 0.15) is 63.4 Å². The van der Waals surface area contributed by atoms with Crippen LogP contribution in [0.3, 0.4) is 0 Å². The van der Waals surface area contributed by atoms with Crippen molar-refractivity contribution < 1.29 is 18.3 Å². The Kier molecular flexibility index (Phi) is 7.06. The number of aryl methyl sites for hydroxylation is 1. The first-order chi connectivity index (χ1) is 16.3. The lowest BCUT2D eigenvalue weighted by molar-refractivity contribution is 0.254. The maximum Gasteiger partial charge on any atom is 0.277 e. The van der Waals surface area contributed by atoms with Gasteiger partial charge in [0.25, 0.3) is 5.56 Å². The molecule has 2 aromatic heterocycles. The van der Waals surface area contributed by atoms with Crippen LogP contribution in [0.25, 0.3) is 16.9 Å². The number of H-pyrrole nitrogens is 1. The van der Waals surface area contributed by atoms with Gasteiger partial charge in [-0.25, -0.2) is 22.6 Å². The van der Waals surface area contributed by atoms with Gasteiger partial charge >= 0.3 is 0 Å². The number of hydrogen-bond acceptors (Lipinski definition) is 7. The van der Waals surface area contributed by atoms with Crippen molar-refractivity contribution in [1.29, 1.82) is 0 Å². The van der Waals surface area contributed by atoms with Crippen LogP contribution in [-0.4, -0.2) is 52.4 Å². The van der Waals surface area contributed by atoms with E-state index in [0.717, 1.165) is 31.5 Å². The van der Waals surface area contributed by atoms with Crippen molar-refractivity contribution in [1.82, 2.24) is 24.3 Å². The number of nitrogens with one attached hydrogen (secondary N) is 2. The van der Waals surface area contributed by atoms with E-state index in [1.807, 2.05) is 6.92 Å². The van der Waals surface area contributed by atoms with Gasteiger partial charge in [0.05, 0.1) is 29.4 Å². The molecule has 3 aromatic rings. The molecule has 1 aromatic carbocycles. The molecular weight excluding hydrogens is 458 g/mol. The number of ether oxygens (including phenoxy) is 1. The number of nitrogens with zero attached hydrogens (tertiary/aromatic N) is 3. The summed E-state index contributed by atoms with van der Waals surface area (Å²) < 4.78 is 35.7. The summed E-state index contributed by atoms with van der Waals surface area (Å²) >= 11 is 0. The fourth-order valence-corrected chi connectivity index (χ4v) is 5.78. The van der Waals surface area contributed by atoms with E-state index in [-0.39, 0.29) is 28.8 Å². The average Bonchev–Trinajstić information content (AvgIpc) is 3.46. The Balaban J connectivity index is 1.87. The summed E-state index contributed by atoms with van der Waals surface area (Å²) in [6, 6.07) is 3.81. The molecule has 184 valence electrons. The van der Waals surface area contributed by atoms with Crippen molar-refractivity contribution in [3.8, 4) is 17.1 Å². The minimum Gasteiger partial charge on any atom is -0.493 e. The molecule has 11 heteroatoms. The van der Waals surface area contributed by atoms with E-state index < -0.39 is 16.1 Å². The van der Waals surface area contributed by atoms with Crippen LogP contribution in [0.5, 0.6) is 5.75 Å². The predicted octanol–water partition coefficient (Wildman–Crippen LogP) is 2.50. The lowest BCUT2D eigenvalue weighted by Gasteiger charge is -2.16. The molecule has 0 saturated heterocycles. The van der Waals surface area contributed by atoms with E-state index in [4.69, 9.17) is 9.84 Å². The maximum absolute atomic E-state index is 13.0. The minimum atomic E-state index is -3.92. The zero-order valence-electron chi connectivity index (χ0n) is 19.7. The highest BCUT2D eigenvalue weighted by Crippen LogP contribution is 2.35. The van der Waals surface area contributed by atoms with Gasteiger partial charge in [0.1, 0.15) is 11.6 Å². The fourth-order valence-electron chi connectivity index (χ4n) is 4.44. The second kappa shape index (κ2) is 9.85. The first-order valence-electron chi connectivity index (χ1n) is 11.7. The summed E-state index contributed by atoms with van der Waals surface area (Å²) in [5, 5.41) is 14.1. The van der Waals surface area contributed by atoms with Crippen molar-refractivity contribution >= 4 is 15.5 Å². The van der Waals surface area contributed by atoms with Crippen molar-refractivity contribution in [3.63, 3.8) is 0 Å². The number of imidazole rings is 1. The largest absolute Gasteiger partial charge is 0.493 e. The molecule has 0 radical (unpaired) electrons. The van der Waals surface area contributed by atoms with E-state index in [9.17, 15) is 18.3 Å². The monoisotopic (exact) mass is 489 g/mol. The quantitative estimate of drug-likeness (QED) is 0.420. The molecule has 1 saturated carbocycles. The van der Waals surface area contributed by atoms with Gasteiger partial charge < -0.3 is 14.8 Å². The van der Waals surface area contributed by atoms with Crippen LogP contribution in [0.2, 0.25) is 0 Å². The molecule has 1 atom stereocenters. The Morgan fingerprint density at radius 3 is 2.68 bits per heavy atom. The Morgan fingerprint density at radius 2 is 2.03 bits per heavy atom. The zero-order chi connectivity index (χ0) is 24.5. The number of hydrogen-bond donors (Lipinski definition) is 3. The van der Waals surface area contributed by atoms with Gasteiger partial charge in [-0.3, -0.25) is 4.79 Å². The lowest BCUT2D eigenvalue weighted by Crippen LogP contribution is -2.36. The maximum atomic E-state index is 13.0. The van der Waals surface area contributed by atoms with Crippen LogP contribution in [0.4, 0.5) is 0 Å². The molecule has 1 unspecified atom stereocenters. The van der Waals surface area contributed by atoms with Gasteiger partial charge in [0.2, 0.25) is 10.0 Å². The minimum absolute atomic E-state index is 0.0153. The summed E-state index contributed by atoms with van der Waals surface area (Å²) in [6.07, 6.45) is 4.66. The standard InChI is InChI=1S/C23H31N5O5S/c1-4-16(13-29)27-34(31,32)17-10-11-19(33-5-2)18(12-17)21-25-23(30)20-14(3)24-22(28(20)26-21)15-8-6-7-9-15/h10-12,15-16,27,29H,4-9,13H2,1-3H3,(H,25,26,30).